The van der Waals surface area contributed by atoms with Crippen molar-refractivity contribution in [3.8, 4) is 10.7 Å². The monoisotopic (exact) mass is 342 g/mol. The lowest BCUT2D eigenvalue weighted by atomic mass is 10.1. The number of anilines is 1. The second-order valence-electron chi connectivity index (χ2n) is 5.74. The number of non-ortho nitro benzene ring substituents is 1. The van der Waals surface area contributed by atoms with Crippen LogP contribution in [0.4, 0.5) is 11.4 Å². The number of benzene rings is 1. The third-order valence-corrected chi connectivity index (χ3v) is 5.01. The summed E-state index contributed by atoms with van der Waals surface area (Å²) >= 11 is 1.56. The minimum atomic E-state index is -0.362. The van der Waals surface area contributed by atoms with Gasteiger partial charge >= 0.3 is 0 Å². The van der Waals surface area contributed by atoms with E-state index in [4.69, 9.17) is 4.52 Å². The molecule has 1 aliphatic rings. The van der Waals surface area contributed by atoms with Gasteiger partial charge in [-0.15, -0.1) is 11.3 Å². The first-order chi connectivity index (χ1) is 11.6. The second-order valence-corrected chi connectivity index (χ2v) is 6.69. The number of fused-ring (bicyclic) bond motifs is 1. The first-order valence-electron chi connectivity index (χ1n) is 7.52. The topological polar surface area (TPSA) is 85.3 Å². The SMILES string of the molecule is CC1Cc2cc([N+](=O)[O-])ccc2N1Cc1nc(-c2cccs2)no1. The van der Waals surface area contributed by atoms with Crippen LogP contribution in [0.1, 0.15) is 18.4 Å². The quantitative estimate of drug-likeness (QED) is 0.531. The van der Waals surface area contributed by atoms with E-state index in [1.165, 1.54) is 6.07 Å². The molecule has 1 atom stereocenters. The lowest BCUT2D eigenvalue weighted by Crippen LogP contribution is -2.28. The maximum atomic E-state index is 10.9. The molecule has 0 N–H and O–H groups in total. The van der Waals surface area contributed by atoms with Crippen LogP contribution in [-0.2, 0) is 13.0 Å². The summed E-state index contributed by atoms with van der Waals surface area (Å²) in [7, 11) is 0. The van der Waals surface area contributed by atoms with Crippen LogP contribution in [0.3, 0.4) is 0 Å². The van der Waals surface area contributed by atoms with Crippen LogP contribution in [0, 0.1) is 10.1 Å². The smallest absolute Gasteiger partial charge is 0.269 e. The van der Waals surface area contributed by atoms with Gasteiger partial charge < -0.3 is 9.42 Å². The zero-order valence-corrected chi connectivity index (χ0v) is 13.7. The number of thiophene rings is 1. The lowest BCUT2D eigenvalue weighted by Gasteiger charge is -2.22. The summed E-state index contributed by atoms with van der Waals surface area (Å²) in [5.41, 5.74) is 2.10. The molecule has 0 amide bonds. The molecule has 0 bridgehead atoms. The molecule has 0 spiro atoms. The van der Waals surface area contributed by atoms with Crippen molar-refractivity contribution in [3.05, 3.63) is 57.3 Å². The highest BCUT2D eigenvalue weighted by molar-refractivity contribution is 7.13. The Morgan fingerprint density at radius 3 is 3.08 bits per heavy atom. The summed E-state index contributed by atoms with van der Waals surface area (Å²) in [6.45, 7) is 2.58. The molecule has 7 nitrogen and oxygen atoms in total. The summed E-state index contributed by atoms with van der Waals surface area (Å²) < 4.78 is 5.37. The Morgan fingerprint density at radius 1 is 1.46 bits per heavy atom. The number of aromatic nitrogens is 2. The molecule has 0 aliphatic carbocycles. The number of nitro benzene ring substituents is 1. The fourth-order valence-electron chi connectivity index (χ4n) is 3.01. The Kier molecular flexibility index (Phi) is 3.53. The molecule has 4 rings (SSSR count). The zero-order chi connectivity index (χ0) is 16.7. The molecular formula is C16H14N4O3S. The van der Waals surface area contributed by atoms with E-state index in [1.54, 1.807) is 23.5 Å². The highest BCUT2D eigenvalue weighted by atomic mass is 32.1. The normalized spacial score (nSPS) is 16.4. The highest BCUT2D eigenvalue weighted by Gasteiger charge is 2.29. The van der Waals surface area contributed by atoms with E-state index in [2.05, 4.69) is 22.0 Å². The van der Waals surface area contributed by atoms with E-state index >= 15 is 0 Å². The van der Waals surface area contributed by atoms with Crippen LogP contribution in [0.2, 0.25) is 0 Å². The Bertz CT molecular complexity index is 891. The predicted octanol–water partition coefficient (Wildman–Crippen LogP) is 3.66. The number of rotatable bonds is 4. The summed E-state index contributed by atoms with van der Waals surface area (Å²) in [6.07, 6.45) is 0.767. The van der Waals surface area contributed by atoms with Gasteiger partial charge in [-0.2, -0.15) is 4.98 Å². The van der Waals surface area contributed by atoms with Crippen molar-refractivity contribution in [2.24, 2.45) is 0 Å². The van der Waals surface area contributed by atoms with Crippen molar-refractivity contribution in [3.63, 3.8) is 0 Å². The van der Waals surface area contributed by atoms with Gasteiger partial charge in [-0.05, 0) is 36.4 Å². The summed E-state index contributed by atoms with van der Waals surface area (Å²) in [6, 6.07) is 9.10. The van der Waals surface area contributed by atoms with E-state index < -0.39 is 0 Å². The maximum absolute atomic E-state index is 10.9. The van der Waals surface area contributed by atoms with E-state index in [1.807, 2.05) is 17.5 Å². The van der Waals surface area contributed by atoms with Crippen LogP contribution < -0.4 is 4.90 Å². The predicted molar refractivity (Wildman–Crippen MR) is 90.1 cm³/mol. The molecule has 0 saturated carbocycles. The van der Waals surface area contributed by atoms with E-state index in [0.29, 0.717) is 18.3 Å². The molecule has 122 valence electrons. The Balaban J connectivity index is 1.59. The third-order valence-electron chi connectivity index (χ3n) is 4.15. The maximum Gasteiger partial charge on any atom is 0.269 e. The molecule has 0 saturated heterocycles. The van der Waals surface area contributed by atoms with Gasteiger partial charge in [-0.25, -0.2) is 0 Å². The Labute approximate surface area is 141 Å². The molecule has 24 heavy (non-hydrogen) atoms. The van der Waals surface area contributed by atoms with Crippen LogP contribution in [0.25, 0.3) is 10.7 Å². The molecule has 2 aromatic heterocycles. The van der Waals surface area contributed by atoms with Crippen molar-refractivity contribution in [1.29, 1.82) is 0 Å². The molecule has 0 fully saturated rings. The average molecular weight is 342 g/mol. The van der Waals surface area contributed by atoms with Crippen molar-refractivity contribution in [2.75, 3.05) is 4.90 Å². The molecule has 3 aromatic rings. The van der Waals surface area contributed by atoms with Crippen molar-refractivity contribution >= 4 is 22.7 Å². The molecule has 8 heteroatoms. The molecular weight excluding hydrogens is 328 g/mol. The third kappa shape index (κ3) is 2.54. The second kappa shape index (κ2) is 5.72. The molecule has 1 aromatic carbocycles. The van der Waals surface area contributed by atoms with Crippen molar-refractivity contribution in [1.82, 2.24) is 10.1 Å². The number of hydrogen-bond acceptors (Lipinski definition) is 7. The van der Waals surface area contributed by atoms with Crippen molar-refractivity contribution < 1.29 is 9.45 Å². The van der Waals surface area contributed by atoms with E-state index in [9.17, 15) is 10.1 Å². The van der Waals surface area contributed by atoms with Gasteiger partial charge in [0.1, 0.15) is 0 Å². The van der Waals surface area contributed by atoms with E-state index in [-0.39, 0.29) is 16.7 Å². The zero-order valence-electron chi connectivity index (χ0n) is 12.9. The molecule has 1 aliphatic heterocycles. The molecule has 1 unspecified atom stereocenters. The van der Waals surface area contributed by atoms with Gasteiger partial charge in [0, 0.05) is 23.9 Å². The summed E-state index contributed by atoms with van der Waals surface area (Å²) in [4.78, 5) is 18.1. The van der Waals surface area contributed by atoms with Gasteiger partial charge in [0.25, 0.3) is 5.69 Å². The van der Waals surface area contributed by atoms with Gasteiger partial charge in [-0.3, -0.25) is 10.1 Å². The van der Waals surface area contributed by atoms with Crippen LogP contribution >= 0.6 is 11.3 Å². The standard InChI is InChI=1S/C16H14N4O3S/c1-10-7-11-8-12(20(21)22)4-5-13(11)19(10)9-15-17-16(18-23-15)14-3-2-6-24-14/h2-6,8,10H,7,9H2,1H3. The number of nitrogens with zero attached hydrogens (tertiary/aromatic N) is 4. The minimum absolute atomic E-state index is 0.126. The fraction of sp³-hybridized carbons (Fsp3) is 0.250. The average Bonchev–Trinajstić information content (AvgIpc) is 3.28. The van der Waals surface area contributed by atoms with Crippen LogP contribution in [0.15, 0.2) is 40.2 Å². The largest absolute Gasteiger partial charge is 0.359 e. The minimum Gasteiger partial charge on any atom is -0.359 e. The number of nitro groups is 1. The first kappa shape index (κ1) is 14.8. The highest BCUT2D eigenvalue weighted by Crippen LogP contribution is 2.35. The van der Waals surface area contributed by atoms with E-state index in [0.717, 1.165) is 22.5 Å². The van der Waals surface area contributed by atoms with Gasteiger partial charge in [-0.1, -0.05) is 11.2 Å². The fourth-order valence-corrected chi connectivity index (χ4v) is 3.66. The van der Waals surface area contributed by atoms with Gasteiger partial charge in [0.05, 0.1) is 16.3 Å². The lowest BCUT2D eigenvalue weighted by molar-refractivity contribution is -0.384. The molecule has 0 radical (unpaired) electrons. The van der Waals surface area contributed by atoms with Gasteiger partial charge in [0.15, 0.2) is 0 Å². The Hall–Kier alpha value is -2.74. The summed E-state index contributed by atoms with van der Waals surface area (Å²) in [5, 5.41) is 16.9. The van der Waals surface area contributed by atoms with Gasteiger partial charge in [0.2, 0.25) is 11.7 Å². The Morgan fingerprint density at radius 2 is 2.33 bits per heavy atom. The van der Waals surface area contributed by atoms with Crippen molar-refractivity contribution in [2.45, 2.75) is 25.9 Å². The summed E-state index contributed by atoms with van der Waals surface area (Å²) in [5.74, 6) is 1.13. The first-order valence-corrected chi connectivity index (χ1v) is 8.40. The molecule has 3 heterocycles. The number of hydrogen-bond donors (Lipinski definition) is 0. The van der Waals surface area contributed by atoms with Crippen LogP contribution in [0.5, 0.6) is 0 Å². The van der Waals surface area contributed by atoms with Crippen LogP contribution in [-0.4, -0.2) is 21.1 Å².